The highest BCUT2D eigenvalue weighted by Crippen LogP contribution is 2.20. The van der Waals surface area contributed by atoms with E-state index >= 15 is 0 Å². The molecule has 2 N–H and O–H groups in total. The normalized spacial score (nSPS) is 14.4. The number of hydrogen-bond donors (Lipinski definition) is 2. The van der Waals surface area contributed by atoms with Crippen LogP contribution in [0.4, 0.5) is 11.5 Å². The lowest BCUT2D eigenvalue weighted by molar-refractivity contribution is 0.0767. The van der Waals surface area contributed by atoms with E-state index in [9.17, 15) is 4.79 Å². The van der Waals surface area contributed by atoms with E-state index in [4.69, 9.17) is 5.26 Å². The van der Waals surface area contributed by atoms with E-state index in [1.807, 2.05) is 16.7 Å². The number of H-pyrrole nitrogens is 1. The van der Waals surface area contributed by atoms with E-state index in [1.165, 1.54) is 0 Å². The van der Waals surface area contributed by atoms with Crippen molar-refractivity contribution in [3.05, 3.63) is 41.9 Å². The molecular weight excluding hydrogens is 298 g/mol. The van der Waals surface area contributed by atoms with Gasteiger partial charge in [0.25, 0.3) is 5.91 Å². The first-order valence-electron chi connectivity index (χ1n) is 6.95. The summed E-state index contributed by atoms with van der Waals surface area (Å²) in [5.74, 6) is 2.46. The number of aromatic amines is 1. The van der Waals surface area contributed by atoms with E-state index in [0.29, 0.717) is 22.8 Å². The molecule has 0 aromatic carbocycles. The summed E-state index contributed by atoms with van der Waals surface area (Å²) in [6.45, 7) is 1.56. The molecule has 0 bridgehead atoms. The molecule has 3 heterocycles. The smallest absolute Gasteiger partial charge is 0.270 e. The van der Waals surface area contributed by atoms with Crippen LogP contribution in [0.1, 0.15) is 16.1 Å². The highest BCUT2D eigenvalue weighted by molar-refractivity contribution is 7.99. The molecule has 0 spiro atoms. The Kier molecular flexibility index (Phi) is 4.30. The second-order valence-corrected chi connectivity index (χ2v) is 6.07. The van der Waals surface area contributed by atoms with Crippen LogP contribution in [0.15, 0.2) is 30.6 Å². The van der Waals surface area contributed by atoms with Gasteiger partial charge in [-0.05, 0) is 18.2 Å². The van der Waals surface area contributed by atoms with Gasteiger partial charge in [-0.1, -0.05) is 0 Å². The lowest BCUT2D eigenvalue weighted by Gasteiger charge is -2.25. The number of anilines is 2. The Hall–Kier alpha value is -2.46. The third kappa shape index (κ3) is 3.07. The summed E-state index contributed by atoms with van der Waals surface area (Å²) in [6.07, 6.45) is 3.33. The zero-order valence-corrected chi connectivity index (χ0v) is 12.7. The molecule has 7 heteroatoms. The van der Waals surface area contributed by atoms with Gasteiger partial charge in [-0.3, -0.25) is 4.79 Å². The number of carbonyl (C=O) groups excluding carboxylic acids is 1. The molecule has 2 aromatic heterocycles. The summed E-state index contributed by atoms with van der Waals surface area (Å²) in [5, 5.41) is 12.1. The highest BCUT2D eigenvalue weighted by atomic mass is 32.2. The van der Waals surface area contributed by atoms with Crippen LogP contribution >= 0.6 is 11.8 Å². The molecule has 1 amide bonds. The van der Waals surface area contributed by atoms with Crippen molar-refractivity contribution in [3.8, 4) is 6.07 Å². The topological polar surface area (TPSA) is 84.8 Å². The molecule has 1 aliphatic heterocycles. The summed E-state index contributed by atoms with van der Waals surface area (Å²) in [6, 6.07) is 7.24. The van der Waals surface area contributed by atoms with Crippen molar-refractivity contribution in [3.63, 3.8) is 0 Å². The standard InChI is InChI=1S/C15H15N5OS/c16-9-11-2-1-3-17-14(11)19-12-8-13(18-10-12)15(21)20-4-6-22-7-5-20/h1-3,8,10,18H,4-7H2,(H,17,19). The Bertz CT molecular complexity index is 715. The average Bonchev–Trinajstić information content (AvgIpc) is 3.04. The minimum Gasteiger partial charge on any atom is -0.355 e. The van der Waals surface area contributed by atoms with Crippen molar-refractivity contribution in [1.29, 1.82) is 5.26 Å². The lowest BCUT2D eigenvalue weighted by atomic mass is 10.2. The molecule has 1 aliphatic rings. The zero-order valence-electron chi connectivity index (χ0n) is 11.9. The first-order chi connectivity index (χ1) is 10.8. The van der Waals surface area contributed by atoms with Gasteiger partial charge in [-0.15, -0.1) is 0 Å². The number of nitrogens with zero attached hydrogens (tertiary/aromatic N) is 3. The molecule has 0 saturated carbocycles. The lowest BCUT2D eigenvalue weighted by Crippen LogP contribution is -2.38. The Morgan fingerprint density at radius 1 is 1.45 bits per heavy atom. The summed E-state index contributed by atoms with van der Waals surface area (Å²) < 4.78 is 0. The Balaban J connectivity index is 1.73. The molecule has 0 aliphatic carbocycles. The van der Waals surface area contributed by atoms with Gasteiger partial charge >= 0.3 is 0 Å². The quantitative estimate of drug-likeness (QED) is 0.907. The van der Waals surface area contributed by atoms with Crippen LogP contribution in [0.3, 0.4) is 0 Å². The van der Waals surface area contributed by atoms with Crippen LogP contribution in [0.2, 0.25) is 0 Å². The summed E-state index contributed by atoms with van der Waals surface area (Å²) in [5.41, 5.74) is 1.72. The van der Waals surface area contributed by atoms with Gasteiger partial charge in [0.15, 0.2) is 0 Å². The fraction of sp³-hybridized carbons (Fsp3) is 0.267. The van der Waals surface area contributed by atoms with Crippen LogP contribution < -0.4 is 5.32 Å². The number of rotatable bonds is 3. The minimum atomic E-state index is 0.00915. The Morgan fingerprint density at radius 3 is 3.05 bits per heavy atom. The molecule has 1 saturated heterocycles. The first-order valence-corrected chi connectivity index (χ1v) is 8.11. The maximum Gasteiger partial charge on any atom is 0.270 e. The molecular formula is C15H15N5OS. The summed E-state index contributed by atoms with van der Waals surface area (Å²) in [7, 11) is 0. The molecule has 0 atom stereocenters. The van der Waals surface area contributed by atoms with Gasteiger partial charge < -0.3 is 15.2 Å². The maximum absolute atomic E-state index is 12.4. The second kappa shape index (κ2) is 6.54. The fourth-order valence-electron chi connectivity index (χ4n) is 2.26. The molecule has 3 rings (SSSR count). The molecule has 0 radical (unpaired) electrons. The largest absolute Gasteiger partial charge is 0.355 e. The number of amides is 1. The molecule has 22 heavy (non-hydrogen) atoms. The Labute approximate surface area is 132 Å². The van der Waals surface area contributed by atoms with E-state index in [0.717, 1.165) is 24.6 Å². The average molecular weight is 313 g/mol. The number of aromatic nitrogens is 2. The molecule has 2 aromatic rings. The number of nitrogens with one attached hydrogen (secondary N) is 2. The van der Waals surface area contributed by atoms with E-state index in [1.54, 1.807) is 30.6 Å². The van der Waals surface area contributed by atoms with Crippen LogP contribution in [0, 0.1) is 11.3 Å². The number of carbonyl (C=O) groups is 1. The van der Waals surface area contributed by atoms with Crippen molar-refractivity contribution in [2.75, 3.05) is 29.9 Å². The van der Waals surface area contributed by atoms with Crippen molar-refractivity contribution >= 4 is 29.2 Å². The number of thioether (sulfide) groups is 1. The predicted molar refractivity (Wildman–Crippen MR) is 86.3 cm³/mol. The zero-order chi connectivity index (χ0) is 15.4. The van der Waals surface area contributed by atoms with Gasteiger partial charge in [-0.2, -0.15) is 17.0 Å². The molecule has 112 valence electrons. The fourth-order valence-corrected chi connectivity index (χ4v) is 3.16. The summed E-state index contributed by atoms with van der Waals surface area (Å²) >= 11 is 1.87. The van der Waals surface area contributed by atoms with Crippen molar-refractivity contribution in [1.82, 2.24) is 14.9 Å². The number of nitriles is 1. The van der Waals surface area contributed by atoms with Crippen molar-refractivity contribution in [2.45, 2.75) is 0 Å². The minimum absolute atomic E-state index is 0.00915. The van der Waals surface area contributed by atoms with Gasteiger partial charge in [0.05, 0.1) is 11.3 Å². The predicted octanol–water partition coefficient (Wildman–Crippen LogP) is 2.21. The third-order valence-electron chi connectivity index (χ3n) is 3.40. The van der Waals surface area contributed by atoms with Gasteiger partial charge in [0, 0.05) is 37.0 Å². The molecule has 0 unspecified atom stereocenters. The SMILES string of the molecule is N#Cc1cccnc1Nc1c[nH]c(C(=O)N2CCSCC2)c1. The van der Waals surface area contributed by atoms with Crippen LogP contribution in [0.25, 0.3) is 0 Å². The number of pyridine rings is 1. The third-order valence-corrected chi connectivity index (χ3v) is 4.35. The van der Waals surface area contributed by atoms with E-state index < -0.39 is 0 Å². The summed E-state index contributed by atoms with van der Waals surface area (Å²) in [4.78, 5) is 21.4. The van der Waals surface area contributed by atoms with Gasteiger partial charge in [-0.25, -0.2) is 4.98 Å². The first kappa shape index (κ1) is 14.5. The Morgan fingerprint density at radius 2 is 2.27 bits per heavy atom. The van der Waals surface area contributed by atoms with Crippen LogP contribution in [-0.4, -0.2) is 45.4 Å². The number of hydrogen-bond acceptors (Lipinski definition) is 5. The monoisotopic (exact) mass is 313 g/mol. The van der Waals surface area contributed by atoms with Crippen LogP contribution in [0.5, 0.6) is 0 Å². The van der Waals surface area contributed by atoms with E-state index in [-0.39, 0.29) is 5.91 Å². The van der Waals surface area contributed by atoms with Crippen molar-refractivity contribution in [2.24, 2.45) is 0 Å². The van der Waals surface area contributed by atoms with Crippen molar-refractivity contribution < 1.29 is 4.79 Å². The molecule has 6 nitrogen and oxygen atoms in total. The second-order valence-electron chi connectivity index (χ2n) is 4.84. The van der Waals surface area contributed by atoms with Crippen LogP contribution in [-0.2, 0) is 0 Å². The maximum atomic E-state index is 12.4. The van der Waals surface area contributed by atoms with Gasteiger partial charge in [0.2, 0.25) is 0 Å². The van der Waals surface area contributed by atoms with E-state index in [2.05, 4.69) is 21.4 Å². The van der Waals surface area contributed by atoms with Gasteiger partial charge in [0.1, 0.15) is 17.6 Å². The highest BCUT2D eigenvalue weighted by Gasteiger charge is 2.19. The molecule has 1 fully saturated rings.